The highest BCUT2D eigenvalue weighted by atomic mass is 19.3. The van der Waals surface area contributed by atoms with E-state index in [2.05, 4.69) is 20.5 Å². The summed E-state index contributed by atoms with van der Waals surface area (Å²) in [7, 11) is 0. The topological polar surface area (TPSA) is 69.6 Å². The van der Waals surface area contributed by atoms with Gasteiger partial charge in [-0.05, 0) is 36.2 Å². The maximum atomic E-state index is 12.5. The van der Waals surface area contributed by atoms with Crippen molar-refractivity contribution in [2.24, 2.45) is 0 Å². The fraction of sp³-hybridized carbons (Fsp3) is 0.176. The summed E-state index contributed by atoms with van der Waals surface area (Å²) in [6.45, 7) is 2.56. The van der Waals surface area contributed by atoms with E-state index in [1.54, 1.807) is 12.1 Å². The number of fused-ring (bicyclic) bond motifs is 1. The standard InChI is InChI=1S/C17H13F2N5O/c1-10-3-2-4-13-14(10)24(23-20-13)9-11-5-7-12(8-6-11)16-21-22-17(25-16)15(18)19/h2-8,15H,9H2,1H3. The molecule has 4 aromatic rings. The zero-order chi connectivity index (χ0) is 17.4. The molecule has 0 aliphatic heterocycles. The number of halogens is 2. The lowest BCUT2D eigenvalue weighted by Crippen LogP contribution is -2.02. The number of para-hydroxylation sites is 1. The van der Waals surface area contributed by atoms with Crippen molar-refractivity contribution in [1.82, 2.24) is 25.2 Å². The maximum Gasteiger partial charge on any atom is 0.314 e. The molecule has 0 N–H and O–H groups in total. The zero-order valence-corrected chi connectivity index (χ0v) is 13.2. The molecule has 0 atom stereocenters. The van der Waals surface area contributed by atoms with Gasteiger partial charge in [-0.1, -0.05) is 29.5 Å². The van der Waals surface area contributed by atoms with Gasteiger partial charge >= 0.3 is 6.43 Å². The second-order valence-electron chi connectivity index (χ2n) is 5.63. The summed E-state index contributed by atoms with van der Waals surface area (Å²) >= 11 is 0. The summed E-state index contributed by atoms with van der Waals surface area (Å²) in [6.07, 6.45) is -2.77. The first-order valence-corrected chi connectivity index (χ1v) is 7.61. The Bertz CT molecular complexity index is 1020. The number of aromatic nitrogens is 5. The third-order valence-electron chi connectivity index (χ3n) is 3.90. The van der Waals surface area contributed by atoms with Gasteiger partial charge in [-0.25, -0.2) is 4.68 Å². The van der Waals surface area contributed by atoms with Crippen LogP contribution in [0.3, 0.4) is 0 Å². The van der Waals surface area contributed by atoms with Gasteiger partial charge in [0.25, 0.3) is 5.89 Å². The first kappa shape index (κ1) is 15.4. The van der Waals surface area contributed by atoms with E-state index in [0.717, 1.165) is 22.2 Å². The molecule has 0 fully saturated rings. The smallest absolute Gasteiger partial charge is 0.314 e. The zero-order valence-electron chi connectivity index (χ0n) is 13.2. The molecule has 2 aromatic heterocycles. The van der Waals surface area contributed by atoms with E-state index in [-0.39, 0.29) is 5.89 Å². The van der Waals surface area contributed by atoms with Crippen LogP contribution in [0.15, 0.2) is 46.9 Å². The van der Waals surface area contributed by atoms with Crippen molar-refractivity contribution < 1.29 is 13.2 Å². The van der Waals surface area contributed by atoms with Crippen molar-refractivity contribution in [3.63, 3.8) is 0 Å². The predicted molar refractivity (Wildman–Crippen MR) is 86.1 cm³/mol. The van der Waals surface area contributed by atoms with Gasteiger partial charge in [-0.15, -0.1) is 15.3 Å². The molecule has 0 bridgehead atoms. The Labute approximate surface area is 141 Å². The van der Waals surface area contributed by atoms with Crippen LogP contribution in [-0.2, 0) is 6.54 Å². The average Bonchev–Trinajstić information content (AvgIpc) is 3.24. The van der Waals surface area contributed by atoms with Crippen LogP contribution < -0.4 is 0 Å². The molecule has 6 nitrogen and oxygen atoms in total. The number of alkyl halides is 2. The molecule has 0 aliphatic carbocycles. The lowest BCUT2D eigenvalue weighted by atomic mass is 10.1. The molecule has 0 amide bonds. The van der Waals surface area contributed by atoms with E-state index in [0.29, 0.717) is 12.1 Å². The van der Waals surface area contributed by atoms with Crippen molar-refractivity contribution in [2.45, 2.75) is 19.9 Å². The average molecular weight is 341 g/mol. The Morgan fingerprint density at radius 2 is 1.84 bits per heavy atom. The van der Waals surface area contributed by atoms with Crippen LogP contribution >= 0.6 is 0 Å². The van der Waals surface area contributed by atoms with Crippen LogP contribution in [0.4, 0.5) is 8.78 Å². The van der Waals surface area contributed by atoms with E-state index in [1.165, 1.54) is 0 Å². The Balaban J connectivity index is 1.59. The third-order valence-corrected chi connectivity index (χ3v) is 3.90. The minimum Gasteiger partial charge on any atom is -0.415 e. The number of hydrogen-bond donors (Lipinski definition) is 0. The van der Waals surface area contributed by atoms with Crippen molar-refractivity contribution in [1.29, 1.82) is 0 Å². The number of rotatable bonds is 4. The molecule has 8 heteroatoms. The van der Waals surface area contributed by atoms with E-state index >= 15 is 0 Å². The molecule has 4 rings (SSSR count). The van der Waals surface area contributed by atoms with Crippen molar-refractivity contribution in [3.8, 4) is 11.5 Å². The van der Waals surface area contributed by atoms with Gasteiger partial charge in [-0.3, -0.25) is 0 Å². The highest BCUT2D eigenvalue weighted by molar-refractivity contribution is 5.77. The lowest BCUT2D eigenvalue weighted by Gasteiger charge is -2.05. The summed E-state index contributed by atoms with van der Waals surface area (Å²) in [4.78, 5) is 0. The molecular weight excluding hydrogens is 328 g/mol. The Hall–Kier alpha value is -3.16. The van der Waals surface area contributed by atoms with Crippen molar-refractivity contribution in [3.05, 3.63) is 59.5 Å². The SMILES string of the molecule is Cc1cccc2nnn(Cc3ccc(-c4nnc(C(F)F)o4)cc3)c12. The predicted octanol–water partition coefficient (Wildman–Crippen LogP) is 3.78. The third kappa shape index (κ3) is 2.86. The molecule has 0 unspecified atom stereocenters. The minimum atomic E-state index is -2.77. The highest BCUT2D eigenvalue weighted by Crippen LogP contribution is 2.24. The molecule has 2 aromatic carbocycles. The Morgan fingerprint density at radius 3 is 2.56 bits per heavy atom. The molecule has 2 heterocycles. The maximum absolute atomic E-state index is 12.5. The second kappa shape index (κ2) is 6.04. The summed E-state index contributed by atoms with van der Waals surface area (Å²) in [5, 5.41) is 15.3. The van der Waals surface area contributed by atoms with Gasteiger partial charge in [0, 0.05) is 5.56 Å². The number of aryl methyl sites for hydroxylation is 1. The van der Waals surface area contributed by atoms with E-state index in [9.17, 15) is 8.78 Å². The molecule has 0 radical (unpaired) electrons. The molecule has 0 aliphatic rings. The number of nitrogens with zero attached hydrogens (tertiary/aromatic N) is 5. The van der Waals surface area contributed by atoms with E-state index < -0.39 is 12.3 Å². The van der Waals surface area contributed by atoms with Crippen LogP contribution in [-0.4, -0.2) is 25.2 Å². The quantitative estimate of drug-likeness (QED) is 0.565. The van der Waals surface area contributed by atoms with Gasteiger partial charge in [0.15, 0.2) is 0 Å². The lowest BCUT2D eigenvalue weighted by molar-refractivity contribution is 0.116. The minimum absolute atomic E-state index is 0.0731. The van der Waals surface area contributed by atoms with Gasteiger partial charge in [0.05, 0.1) is 12.1 Å². The van der Waals surface area contributed by atoms with Crippen molar-refractivity contribution >= 4 is 11.0 Å². The Kier molecular flexibility index (Phi) is 3.72. The molecule has 0 spiro atoms. The molecule has 126 valence electrons. The first-order chi connectivity index (χ1) is 12.1. The fourth-order valence-electron chi connectivity index (χ4n) is 2.68. The highest BCUT2D eigenvalue weighted by Gasteiger charge is 2.17. The van der Waals surface area contributed by atoms with E-state index in [1.807, 2.05) is 41.9 Å². The summed E-state index contributed by atoms with van der Waals surface area (Å²) in [5.74, 6) is -0.604. The normalized spacial score (nSPS) is 11.5. The van der Waals surface area contributed by atoms with Gasteiger partial charge in [-0.2, -0.15) is 8.78 Å². The summed E-state index contributed by atoms with van der Waals surface area (Å²) < 4.78 is 31.8. The molecular formula is C17H13F2N5O. The second-order valence-corrected chi connectivity index (χ2v) is 5.63. The van der Waals surface area contributed by atoms with Crippen LogP contribution in [0.25, 0.3) is 22.5 Å². The van der Waals surface area contributed by atoms with Crippen LogP contribution in [0.5, 0.6) is 0 Å². The number of hydrogen-bond acceptors (Lipinski definition) is 5. The monoisotopic (exact) mass is 341 g/mol. The summed E-state index contributed by atoms with van der Waals surface area (Å²) in [6, 6.07) is 13.1. The number of benzene rings is 2. The molecule has 25 heavy (non-hydrogen) atoms. The van der Waals surface area contributed by atoms with Gasteiger partial charge in [0.2, 0.25) is 5.89 Å². The van der Waals surface area contributed by atoms with Crippen LogP contribution in [0.2, 0.25) is 0 Å². The molecule has 0 saturated heterocycles. The largest absolute Gasteiger partial charge is 0.415 e. The fourth-order valence-corrected chi connectivity index (χ4v) is 2.68. The Morgan fingerprint density at radius 1 is 1.04 bits per heavy atom. The van der Waals surface area contributed by atoms with E-state index in [4.69, 9.17) is 4.42 Å². The summed E-state index contributed by atoms with van der Waals surface area (Å²) in [5.41, 5.74) is 4.52. The van der Waals surface area contributed by atoms with Gasteiger partial charge < -0.3 is 4.42 Å². The molecule has 0 saturated carbocycles. The van der Waals surface area contributed by atoms with Crippen LogP contribution in [0, 0.1) is 6.92 Å². The first-order valence-electron chi connectivity index (χ1n) is 7.61. The van der Waals surface area contributed by atoms with Crippen LogP contribution in [0.1, 0.15) is 23.4 Å². The van der Waals surface area contributed by atoms with Crippen molar-refractivity contribution in [2.75, 3.05) is 0 Å². The van der Waals surface area contributed by atoms with Gasteiger partial charge in [0.1, 0.15) is 5.52 Å².